The van der Waals surface area contributed by atoms with Gasteiger partial charge in [0, 0.05) is 34.1 Å². The molecule has 0 aliphatic carbocycles. The maximum atomic E-state index is 5.76. The third-order valence-electron chi connectivity index (χ3n) is 14.5. The topological polar surface area (TPSA) is 57.4 Å². The van der Waals surface area contributed by atoms with Crippen LogP contribution in [-0.4, -0.2) is 19.9 Å². The molecular formula is C68H82N4. The molecule has 0 spiro atoms. The molecule has 0 saturated carbocycles. The van der Waals surface area contributed by atoms with E-state index in [1.54, 1.807) is 0 Å². The molecule has 4 heteroatoms. The fourth-order valence-corrected chi connectivity index (χ4v) is 9.57. The Hall–Kier alpha value is -6.18. The first-order valence-electron chi connectivity index (χ1n) is 26.5. The molecule has 3 aromatic carbocycles. The van der Waals surface area contributed by atoms with E-state index in [2.05, 4.69) is 257 Å². The van der Waals surface area contributed by atoms with Crippen molar-refractivity contribution in [3.63, 3.8) is 0 Å². The first-order valence-corrected chi connectivity index (χ1v) is 26.5. The number of nitrogens with one attached hydrogen (secondary N) is 2. The van der Waals surface area contributed by atoms with Crippen molar-refractivity contribution in [3.8, 4) is 45.2 Å². The third-order valence-corrected chi connectivity index (χ3v) is 14.5. The van der Waals surface area contributed by atoms with Crippen molar-refractivity contribution >= 4 is 46.4 Å². The van der Waals surface area contributed by atoms with Gasteiger partial charge in [-0.05, 0) is 138 Å². The second-order valence-electron chi connectivity index (χ2n) is 26.8. The molecule has 0 saturated heterocycles. The quantitative estimate of drug-likeness (QED) is 0.133. The number of rotatable bonds is 5. The normalized spacial score (nSPS) is 13.4. The van der Waals surface area contributed by atoms with Crippen molar-refractivity contribution in [2.45, 2.75) is 183 Å². The van der Waals surface area contributed by atoms with Crippen molar-refractivity contribution < 1.29 is 0 Å². The largest absolute Gasteiger partial charge is 0.354 e. The van der Waals surface area contributed by atoms with E-state index in [4.69, 9.17) is 9.97 Å². The van der Waals surface area contributed by atoms with Gasteiger partial charge in [-0.1, -0.05) is 204 Å². The minimum atomic E-state index is -0.0927. The molecule has 0 atom stereocenters. The van der Waals surface area contributed by atoms with Crippen LogP contribution in [0, 0.1) is 11.8 Å². The Morgan fingerprint density at radius 2 is 0.653 bits per heavy atom. The summed E-state index contributed by atoms with van der Waals surface area (Å²) in [5.41, 5.74) is 22.2. The zero-order valence-electron chi connectivity index (χ0n) is 47.3. The Morgan fingerprint density at radius 3 is 0.944 bits per heavy atom. The molecule has 72 heavy (non-hydrogen) atoms. The predicted octanol–water partition coefficient (Wildman–Crippen LogP) is 19.0. The predicted molar refractivity (Wildman–Crippen MR) is 314 cm³/mol. The molecule has 6 aromatic rings. The number of aromatic nitrogens is 4. The Morgan fingerprint density at radius 1 is 0.375 bits per heavy atom. The van der Waals surface area contributed by atoms with E-state index in [0.717, 1.165) is 103 Å². The summed E-state index contributed by atoms with van der Waals surface area (Å²) in [4.78, 5) is 19.5. The van der Waals surface area contributed by atoms with Crippen molar-refractivity contribution in [1.82, 2.24) is 19.9 Å². The molecule has 0 unspecified atom stereocenters. The molecule has 8 bridgehead atoms. The highest BCUT2D eigenvalue weighted by Gasteiger charge is 2.28. The van der Waals surface area contributed by atoms with Crippen LogP contribution in [0.2, 0.25) is 0 Å². The van der Waals surface area contributed by atoms with Gasteiger partial charge in [0.2, 0.25) is 0 Å². The van der Waals surface area contributed by atoms with E-state index < -0.39 is 0 Å². The number of H-pyrrole nitrogens is 2. The minimum absolute atomic E-state index is 0.0794. The van der Waals surface area contributed by atoms with Crippen LogP contribution in [0.25, 0.3) is 79.8 Å². The molecule has 3 aromatic heterocycles. The molecular weight excluding hydrogens is 873 g/mol. The summed E-state index contributed by atoms with van der Waals surface area (Å²) >= 11 is 0. The van der Waals surface area contributed by atoms with Gasteiger partial charge < -0.3 is 9.97 Å². The van der Waals surface area contributed by atoms with Gasteiger partial charge in [-0.15, -0.1) is 0 Å². The lowest BCUT2D eigenvalue weighted by atomic mass is 9.78. The van der Waals surface area contributed by atoms with Crippen LogP contribution in [0.1, 0.15) is 213 Å². The van der Waals surface area contributed by atoms with Crippen LogP contribution >= 0.6 is 0 Å². The van der Waals surface area contributed by atoms with Crippen molar-refractivity contribution in [1.29, 1.82) is 0 Å². The summed E-state index contributed by atoms with van der Waals surface area (Å²) in [6, 6.07) is 30.4. The molecule has 8 rings (SSSR count). The SMILES string of the molecule is CCCCC#Cc1c2ccc([nH]2)c(-c2cc(C(C)(C)C)cc(C(C)(C)C)c2)c2nc(c(-c3cc(C(C)(C)C)cc(C(C)(C)C)c3)c3nc(c(-c4cc(C(C)(C)C)cc(C(C)(C)C)c4)c4ccc1[nH]4)C=C3)C=C2. The maximum Gasteiger partial charge on any atom is 0.0738 e. The van der Waals surface area contributed by atoms with Crippen molar-refractivity contribution in [3.05, 3.63) is 141 Å². The summed E-state index contributed by atoms with van der Waals surface area (Å²) in [7, 11) is 0. The standard InChI is InChI=1S/C68H82N4/c1-20-21-22-23-24-51-52-25-27-54(69-52)60(42-33-45(63(2,3)4)39-46(34-42)64(5,6)7)56-29-31-58(71-56)62(44-37-49(67(14,15)16)41-50(38-44)68(17,18)19)59-32-30-57(72-59)61(55-28-26-53(51)70-55)43-35-47(65(8,9)10)40-48(36-43)66(11,12)13/h25-41,69-70H,20-22H2,1-19H3. The second-order valence-corrected chi connectivity index (χ2v) is 26.8. The highest BCUT2D eigenvalue weighted by atomic mass is 14.8. The lowest BCUT2D eigenvalue weighted by molar-refractivity contribution is 0.568. The zero-order chi connectivity index (χ0) is 52.5. The van der Waals surface area contributed by atoms with Crippen LogP contribution in [-0.2, 0) is 32.5 Å². The van der Waals surface area contributed by atoms with Crippen molar-refractivity contribution in [2.24, 2.45) is 0 Å². The summed E-state index contributed by atoms with van der Waals surface area (Å²) in [5, 5.41) is 0. The average Bonchev–Trinajstić information content (AvgIpc) is 4.12. The molecule has 0 radical (unpaired) electrons. The highest BCUT2D eigenvalue weighted by molar-refractivity contribution is 5.98. The fraction of sp³-hybridized carbons (Fsp3) is 0.412. The number of aromatic amines is 2. The summed E-state index contributed by atoms with van der Waals surface area (Å²) in [6.45, 7) is 43.8. The van der Waals surface area contributed by atoms with Gasteiger partial charge in [0.05, 0.1) is 39.4 Å². The summed E-state index contributed by atoms with van der Waals surface area (Å²) < 4.78 is 0. The smallest absolute Gasteiger partial charge is 0.0738 e. The maximum absolute atomic E-state index is 5.76. The van der Waals surface area contributed by atoms with E-state index in [0.29, 0.717) is 0 Å². The fourth-order valence-electron chi connectivity index (χ4n) is 9.57. The molecule has 0 fully saturated rings. The van der Waals surface area contributed by atoms with Crippen molar-refractivity contribution in [2.75, 3.05) is 0 Å². The van der Waals surface area contributed by atoms with Crippen LogP contribution in [0.15, 0.2) is 78.9 Å². The second kappa shape index (κ2) is 18.7. The molecule has 0 amide bonds. The van der Waals surface area contributed by atoms with Gasteiger partial charge in [0.1, 0.15) is 0 Å². The van der Waals surface area contributed by atoms with E-state index >= 15 is 0 Å². The van der Waals surface area contributed by atoms with Gasteiger partial charge in [-0.2, -0.15) is 0 Å². The van der Waals surface area contributed by atoms with Gasteiger partial charge in [0.25, 0.3) is 0 Å². The van der Waals surface area contributed by atoms with Gasteiger partial charge >= 0.3 is 0 Å². The van der Waals surface area contributed by atoms with E-state index in [1.807, 2.05) is 0 Å². The number of hydrogen-bond donors (Lipinski definition) is 2. The Bertz CT molecular complexity index is 3100. The molecule has 374 valence electrons. The Labute approximate surface area is 433 Å². The highest BCUT2D eigenvalue weighted by Crippen LogP contribution is 2.43. The van der Waals surface area contributed by atoms with Gasteiger partial charge in [-0.25, -0.2) is 9.97 Å². The van der Waals surface area contributed by atoms with Gasteiger partial charge in [-0.3, -0.25) is 0 Å². The number of nitrogens with zero attached hydrogens (tertiary/aromatic N) is 2. The first-order chi connectivity index (χ1) is 33.4. The number of benzene rings is 3. The Kier molecular flexibility index (Phi) is 13.5. The average molecular weight is 955 g/mol. The summed E-state index contributed by atoms with van der Waals surface area (Å²) in [6.07, 6.45) is 11.9. The van der Waals surface area contributed by atoms with E-state index in [-0.39, 0.29) is 32.5 Å². The van der Waals surface area contributed by atoms with Crippen LogP contribution in [0.4, 0.5) is 0 Å². The number of hydrogen-bond acceptors (Lipinski definition) is 2. The van der Waals surface area contributed by atoms with Crippen LogP contribution in [0.3, 0.4) is 0 Å². The number of unbranched alkanes of at least 4 members (excludes halogenated alkanes) is 2. The molecule has 2 aliphatic rings. The minimum Gasteiger partial charge on any atom is -0.354 e. The van der Waals surface area contributed by atoms with Crippen LogP contribution in [0.5, 0.6) is 0 Å². The van der Waals surface area contributed by atoms with Crippen LogP contribution < -0.4 is 0 Å². The monoisotopic (exact) mass is 955 g/mol. The molecule has 4 nitrogen and oxygen atoms in total. The summed E-state index contributed by atoms with van der Waals surface area (Å²) in [5.74, 6) is 7.25. The van der Waals surface area contributed by atoms with Gasteiger partial charge in [0.15, 0.2) is 0 Å². The lowest BCUT2D eigenvalue weighted by Crippen LogP contribution is -2.16. The number of fused-ring (bicyclic) bond motifs is 8. The van der Waals surface area contributed by atoms with E-state index in [1.165, 1.54) is 33.4 Å². The third kappa shape index (κ3) is 10.9. The van der Waals surface area contributed by atoms with E-state index in [9.17, 15) is 0 Å². The lowest BCUT2D eigenvalue weighted by Gasteiger charge is -2.26. The molecule has 2 aliphatic heterocycles. The molecule has 2 N–H and O–H groups in total. The Balaban J connectivity index is 1.62. The zero-order valence-corrected chi connectivity index (χ0v) is 47.3. The first kappa shape index (κ1) is 52.2. The molecule has 5 heterocycles.